The van der Waals surface area contributed by atoms with E-state index in [1.807, 2.05) is 161 Å². The normalized spacial score (nSPS) is 17.3. The Bertz CT molecular complexity index is 4820. The first-order valence-electron chi connectivity index (χ1n) is 38.7. The van der Waals surface area contributed by atoms with Gasteiger partial charge in [0.1, 0.15) is 37.6 Å². The predicted molar refractivity (Wildman–Crippen MR) is 437 cm³/mol. The van der Waals surface area contributed by atoms with E-state index in [9.17, 15) is 47.9 Å². The van der Waals surface area contributed by atoms with E-state index in [1.165, 1.54) is 31.2 Å². The Morgan fingerprint density at radius 2 is 0.913 bits per heavy atom. The number of carbonyl (C=O) groups is 6. The molecule has 6 aliphatic rings. The summed E-state index contributed by atoms with van der Waals surface area (Å²) in [5.74, 6) is -2.62. The van der Waals surface area contributed by atoms with Gasteiger partial charge in [-0.1, -0.05) is 128 Å². The summed E-state index contributed by atoms with van der Waals surface area (Å²) in [6.07, 6.45) is 17.3. The Hall–Kier alpha value is -11.0. The number of aromatic carboxylic acids is 1. The average molecular weight is 1670 g/mol. The van der Waals surface area contributed by atoms with E-state index in [0.29, 0.717) is 41.5 Å². The molecule has 4 aromatic carbocycles. The Labute approximate surface area is 682 Å². The van der Waals surface area contributed by atoms with Crippen LogP contribution < -0.4 is 56.6 Å². The number of alkyl carbamates (subject to hydrolysis) is 2. The number of aromatic nitrogens is 2. The van der Waals surface area contributed by atoms with Crippen molar-refractivity contribution in [2.75, 3.05) is 39.3 Å². The van der Waals surface area contributed by atoms with Gasteiger partial charge in [0.2, 0.25) is 39.0 Å². The molecule has 6 aliphatic heterocycles. The molecule has 4 saturated heterocycles. The van der Waals surface area contributed by atoms with E-state index in [1.54, 1.807) is 38.1 Å². The summed E-state index contributed by atoms with van der Waals surface area (Å²) < 4.78 is 47.4. The van der Waals surface area contributed by atoms with E-state index in [4.69, 9.17) is 42.4 Å². The number of benzene rings is 4. The van der Waals surface area contributed by atoms with Crippen molar-refractivity contribution < 1.29 is 71.1 Å². The lowest BCUT2D eigenvalue weighted by Gasteiger charge is -2.41. The van der Waals surface area contributed by atoms with Crippen molar-refractivity contribution >= 4 is 64.2 Å². The highest BCUT2D eigenvalue weighted by Gasteiger charge is 2.39. The fraction of sp³-hybridized carbons (Fsp3) is 0.419. The maximum atomic E-state index is 13.3. The Kier molecular flexibility index (Phi) is 32.4. The SMILES string of the molecule is CC(C)(C)OC(=O)NC[C@@H]1CCCCN1.CC(C)(C)OC(=O)NC[C@@H]1CCCCN1C(=O)c1occc(=O)c1OCc1ccccc1.Cl.O=C(O)c1occc(=O)c1OCc1ccccc1.O=C1c2c(OCc3ccccc3)c(=O)c(Br)cn2C[C@@H]2CCCCN12.O=C1c2c(OCc3ccccc3)c(=O)ccn2C[C@@H]2CCCCN12. The van der Waals surface area contributed by atoms with Gasteiger partial charge in [-0.05, 0) is 157 Å². The van der Waals surface area contributed by atoms with Crippen molar-refractivity contribution in [1.82, 2.24) is 39.8 Å². The van der Waals surface area contributed by atoms with Crippen LogP contribution in [0.5, 0.6) is 23.0 Å². The zero-order valence-corrected chi connectivity index (χ0v) is 68.1. The van der Waals surface area contributed by atoms with Crippen molar-refractivity contribution in [3.63, 3.8) is 0 Å². The molecular weight excluding hydrogens is 1560 g/mol. The van der Waals surface area contributed by atoms with Gasteiger partial charge in [-0.15, -0.1) is 12.4 Å². The number of carboxylic acids is 1. The molecule has 4 N–H and O–H groups in total. The molecule has 4 fully saturated rings. The maximum absolute atomic E-state index is 13.3. The number of likely N-dealkylation sites (tertiary alicyclic amines) is 1. The lowest BCUT2D eigenvalue weighted by molar-refractivity contribution is 0.0449. The van der Waals surface area contributed by atoms with Crippen molar-refractivity contribution in [2.24, 2.45) is 0 Å². The minimum atomic E-state index is -1.34. The molecule has 115 heavy (non-hydrogen) atoms. The minimum absolute atomic E-state index is 0. The summed E-state index contributed by atoms with van der Waals surface area (Å²) in [5, 5.41) is 17.8. The van der Waals surface area contributed by atoms with Crippen LogP contribution in [0.2, 0.25) is 0 Å². The van der Waals surface area contributed by atoms with Gasteiger partial charge in [-0.2, -0.15) is 0 Å². The van der Waals surface area contributed by atoms with E-state index in [2.05, 4.69) is 31.9 Å². The highest BCUT2D eigenvalue weighted by molar-refractivity contribution is 9.10. The number of nitrogens with zero attached hydrogens (tertiary/aromatic N) is 5. The highest BCUT2D eigenvalue weighted by Crippen LogP contribution is 2.33. The number of carbonyl (C=O) groups excluding carboxylic acids is 5. The number of nitrogens with one attached hydrogen (secondary N) is 3. The van der Waals surface area contributed by atoms with Crippen LogP contribution in [-0.4, -0.2) is 139 Å². The van der Waals surface area contributed by atoms with Gasteiger partial charge < -0.3 is 82.1 Å². The molecule has 0 saturated carbocycles. The number of ether oxygens (including phenoxy) is 6. The summed E-state index contributed by atoms with van der Waals surface area (Å²) in [7, 11) is 0. The molecule has 0 aliphatic carbocycles. The van der Waals surface area contributed by atoms with Gasteiger partial charge in [-0.25, -0.2) is 14.4 Å². The lowest BCUT2D eigenvalue weighted by atomic mass is 9.98. The Morgan fingerprint density at radius 1 is 0.496 bits per heavy atom. The standard InChI is InChI=1S/C24H30N2O6.C19H19BrN2O3.C19H20N2O3.C13H10O5.C11H22N2O2.ClH/c1-24(2,3)32-23(29)25-15-18-11-7-8-13-26(18)22(28)21-20(19(27)12-14-30-21)31-16-17-9-5-4-6-10-17;20-15-11-21-10-14-8-4-5-9-22(14)19(24)16(21)18(17(15)23)25-12-13-6-2-1-3-7-13;22-16-9-11-20-12-15-8-4-5-10-21(15)19(23)17(20)18(16)24-13-14-6-2-1-3-7-14;14-10-6-7-17-12(13(15)16)11(10)18-8-9-4-2-1-3-5-9;1-11(2,3)15-10(14)13-8-9-6-4-5-7-12-9;/h4-6,9-10,12,14,18H,7-8,11,13,15-16H2,1-3H3,(H,25,29);1-3,6-7,11,14H,4-5,8-10,12H2;1-3,6-7,9,11,15H,4-5,8,10,12-13H2;1-7H,8H2,(H,15,16);9,12H,4-8H2,1-3H3,(H,13,14);1H/t18-;14-;15-;;9-;/m000.0./s1. The number of piperidine rings is 4. The number of pyridine rings is 2. The molecule has 614 valence electrons. The molecular formula is C86H102BrClN8O19. The van der Waals surface area contributed by atoms with E-state index < -0.39 is 45.8 Å². The number of amides is 5. The number of halogens is 2. The van der Waals surface area contributed by atoms with Crippen molar-refractivity contribution in [1.29, 1.82) is 0 Å². The largest absolute Gasteiger partial charge is 0.483 e. The number of hydrogen-bond acceptors (Lipinski definition) is 19. The number of fused-ring (bicyclic) bond motifs is 4. The molecule has 4 aromatic heterocycles. The van der Waals surface area contributed by atoms with Crippen molar-refractivity contribution in [3.8, 4) is 23.0 Å². The Balaban J connectivity index is 0.000000168. The lowest BCUT2D eigenvalue weighted by Crippen LogP contribution is -2.51. The quantitative estimate of drug-likeness (QED) is 0.0620. The smallest absolute Gasteiger partial charge is 0.407 e. The van der Waals surface area contributed by atoms with Gasteiger partial charge in [0, 0.05) is 101 Å². The highest BCUT2D eigenvalue weighted by atomic mass is 79.9. The van der Waals surface area contributed by atoms with Gasteiger partial charge in [-0.3, -0.25) is 33.6 Å². The minimum Gasteiger partial charge on any atom is -0.483 e. The fourth-order valence-corrected chi connectivity index (χ4v) is 14.3. The predicted octanol–water partition coefficient (Wildman–Crippen LogP) is 13.4. The molecule has 27 nitrogen and oxygen atoms in total. The van der Waals surface area contributed by atoms with E-state index in [-0.39, 0.29) is 121 Å². The molecule has 0 unspecified atom stereocenters. The van der Waals surface area contributed by atoms with Crippen LogP contribution in [0.25, 0.3) is 0 Å². The van der Waals surface area contributed by atoms with Crippen molar-refractivity contribution in [2.45, 2.75) is 193 Å². The topological polar surface area (TPSA) is 328 Å². The van der Waals surface area contributed by atoms with Crippen LogP contribution in [-0.2, 0) is 49.0 Å². The van der Waals surface area contributed by atoms with Crippen LogP contribution in [0.3, 0.4) is 0 Å². The molecule has 5 amide bonds. The molecule has 8 aromatic rings. The molecule has 0 spiro atoms. The first-order chi connectivity index (χ1) is 54.8. The molecule has 10 heterocycles. The third-order valence-electron chi connectivity index (χ3n) is 19.4. The third-order valence-corrected chi connectivity index (χ3v) is 19.9. The molecule has 0 radical (unpaired) electrons. The second-order valence-electron chi connectivity index (χ2n) is 30.3. The zero-order valence-electron chi connectivity index (χ0n) is 65.7. The van der Waals surface area contributed by atoms with Crippen LogP contribution in [0.1, 0.15) is 183 Å². The van der Waals surface area contributed by atoms with Crippen LogP contribution in [0.15, 0.2) is 197 Å². The molecule has 14 rings (SSSR count). The number of hydrogen-bond donors (Lipinski definition) is 4. The Morgan fingerprint density at radius 3 is 1.39 bits per heavy atom. The summed E-state index contributed by atoms with van der Waals surface area (Å²) in [5.41, 5.74) is 1.94. The second-order valence-corrected chi connectivity index (χ2v) is 31.1. The zero-order chi connectivity index (χ0) is 81.3. The van der Waals surface area contributed by atoms with Gasteiger partial charge >= 0.3 is 18.2 Å². The summed E-state index contributed by atoms with van der Waals surface area (Å²) in [6.45, 7) is 17.2. The number of rotatable bonds is 18. The molecule has 4 atom stereocenters. The maximum Gasteiger partial charge on any atom is 0.407 e. The van der Waals surface area contributed by atoms with Gasteiger partial charge in [0.25, 0.3) is 23.5 Å². The molecule has 29 heteroatoms. The first kappa shape index (κ1) is 88.0. The average Bonchev–Trinajstić information content (AvgIpc) is 0.759. The molecule has 0 bridgehead atoms. The van der Waals surface area contributed by atoms with Gasteiger partial charge in [0.05, 0.1) is 17.0 Å². The van der Waals surface area contributed by atoms with Gasteiger partial charge in [0.15, 0.2) is 22.9 Å². The summed E-state index contributed by atoms with van der Waals surface area (Å²) >= 11 is 3.32. The monoisotopic (exact) mass is 1660 g/mol. The fourth-order valence-electron chi connectivity index (χ4n) is 13.9. The van der Waals surface area contributed by atoms with Crippen molar-refractivity contribution in [3.05, 3.63) is 255 Å². The summed E-state index contributed by atoms with van der Waals surface area (Å²) in [6, 6.07) is 42.3. The van der Waals surface area contributed by atoms with Crippen LogP contribution in [0, 0.1) is 0 Å². The summed E-state index contributed by atoms with van der Waals surface area (Å²) in [4.78, 5) is 128. The van der Waals surface area contributed by atoms with Crippen LogP contribution in [0.4, 0.5) is 9.59 Å². The number of carboxylic acid groups (broad SMARTS) is 1. The van der Waals surface area contributed by atoms with Crippen LogP contribution >= 0.6 is 28.3 Å². The second kappa shape index (κ2) is 42.4. The van der Waals surface area contributed by atoms with E-state index >= 15 is 0 Å². The van der Waals surface area contributed by atoms with E-state index in [0.717, 1.165) is 125 Å². The third kappa shape index (κ3) is 25.5. The first-order valence-corrected chi connectivity index (χ1v) is 39.5.